The first-order valence-electron chi connectivity index (χ1n) is 4.45. The summed E-state index contributed by atoms with van der Waals surface area (Å²) in [6, 6.07) is 0. The van der Waals surface area contributed by atoms with Crippen molar-refractivity contribution in [3.63, 3.8) is 0 Å². The highest BCUT2D eigenvalue weighted by Crippen LogP contribution is 2.30. The lowest BCUT2D eigenvalue weighted by molar-refractivity contribution is 0.323. The predicted octanol–water partition coefficient (Wildman–Crippen LogP) is 1.70. The van der Waals surface area contributed by atoms with E-state index in [9.17, 15) is 0 Å². The number of anilines is 1. The van der Waals surface area contributed by atoms with Gasteiger partial charge in [-0.3, -0.25) is 0 Å². The van der Waals surface area contributed by atoms with Crippen molar-refractivity contribution in [2.45, 2.75) is 21.3 Å². The lowest BCUT2D eigenvalue weighted by Gasteiger charge is -2.07. The molecular weight excluding hydrogens is 230 g/mol. The number of rotatable bonds is 2. The zero-order valence-electron chi connectivity index (χ0n) is 8.36. The molecule has 6 nitrogen and oxygen atoms in total. The summed E-state index contributed by atoms with van der Waals surface area (Å²) in [6.07, 6.45) is 0. The molecule has 88 valence electrons. The lowest BCUT2D eigenvalue weighted by atomic mass is 10.4. The van der Waals surface area contributed by atoms with Gasteiger partial charge in [0.1, 0.15) is 10.7 Å². The summed E-state index contributed by atoms with van der Waals surface area (Å²) in [5.74, 6) is 0.936. The van der Waals surface area contributed by atoms with Gasteiger partial charge in [0.2, 0.25) is 0 Å². The molecule has 0 aliphatic heterocycles. The number of hydrogen-bond acceptors (Lipinski definition) is 5. The summed E-state index contributed by atoms with van der Waals surface area (Å²) >= 11 is 6.01. The largest absolute Gasteiger partial charge is 0.475 e. The molecule has 2 rings (SSSR count). The van der Waals surface area contributed by atoms with E-state index >= 15 is 0 Å². The molecule has 0 bridgehead atoms. The van der Waals surface area contributed by atoms with Gasteiger partial charge in [0.25, 0.3) is 5.88 Å². The molecular formula is C9H14ClN5O. The molecule has 0 radical (unpaired) electrons. The average molecular weight is 244 g/mol. The molecule has 2 aromatic rings. The van der Waals surface area contributed by atoms with Gasteiger partial charge < -0.3 is 10.5 Å². The Morgan fingerprint density at radius 3 is 2.75 bits per heavy atom. The molecule has 0 unspecified atom stereocenters. The molecule has 2 heterocycles. The van der Waals surface area contributed by atoms with E-state index in [0.717, 1.165) is 0 Å². The molecule has 0 aliphatic rings. The Balaban J connectivity index is 0.00000128. The van der Waals surface area contributed by atoms with Crippen LogP contribution in [0, 0.1) is 6.92 Å². The topological polar surface area (TPSA) is 78.3 Å². The standard InChI is InChI=1S/C8H10ClN5O.CH4/c1-3-15-8-6(10)5(9)7-12-11-4(2)14(7)13-8;/h3,10H2,1-2H3;1H4. The van der Waals surface area contributed by atoms with Gasteiger partial charge in [0, 0.05) is 0 Å². The van der Waals surface area contributed by atoms with Crippen LogP contribution < -0.4 is 10.5 Å². The number of fused-ring (bicyclic) bond motifs is 1. The number of hydrogen-bond donors (Lipinski definition) is 1. The Morgan fingerprint density at radius 2 is 2.12 bits per heavy atom. The van der Waals surface area contributed by atoms with Gasteiger partial charge in [-0.2, -0.15) is 4.52 Å². The molecule has 2 N–H and O–H groups in total. The zero-order valence-corrected chi connectivity index (χ0v) is 9.12. The van der Waals surface area contributed by atoms with Crippen LogP contribution in [0.2, 0.25) is 5.02 Å². The summed E-state index contributed by atoms with van der Waals surface area (Å²) in [5.41, 5.74) is 6.47. The third-order valence-corrected chi connectivity index (χ3v) is 2.30. The van der Waals surface area contributed by atoms with Crippen LogP contribution in [0.1, 0.15) is 20.2 Å². The fourth-order valence-corrected chi connectivity index (χ4v) is 1.42. The normalized spacial score (nSPS) is 10.2. The van der Waals surface area contributed by atoms with Gasteiger partial charge in [-0.15, -0.1) is 15.3 Å². The van der Waals surface area contributed by atoms with Crippen molar-refractivity contribution in [1.82, 2.24) is 19.8 Å². The van der Waals surface area contributed by atoms with Gasteiger partial charge in [0.05, 0.1) is 6.61 Å². The summed E-state index contributed by atoms with van der Waals surface area (Å²) in [4.78, 5) is 0. The number of nitrogens with zero attached hydrogens (tertiary/aromatic N) is 4. The molecule has 16 heavy (non-hydrogen) atoms. The summed E-state index contributed by atoms with van der Waals surface area (Å²) in [7, 11) is 0. The average Bonchev–Trinajstić information content (AvgIpc) is 2.57. The molecule has 0 spiro atoms. The number of nitrogens with two attached hydrogens (primary N) is 1. The van der Waals surface area contributed by atoms with E-state index in [4.69, 9.17) is 22.1 Å². The minimum atomic E-state index is 0. The van der Waals surface area contributed by atoms with Crippen molar-refractivity contribution in [2.24, 2.45) is 0 Å². The number of aromatic nitrogens is 4. The number of aryl methyl sites for hydroxylation is 1. The maximum Gasteiger partial charge on any atom is 0.256 e. The van der Waals surface area contributed by atoms with Crippen LogP contribution in [0.15, 0.2) is 0 Å². The lowest BCUT2D eigenvalue weighted by Crippen LogP contribution is -2.05. The van der Waals surface area contributed by atoms with Crippen LogP contribution in [-0.2, 0) is 0 Å². The predicted molar refractivity (Wildman–Crippen MR) is 62.8 cm³/mol. The maximum absolute atomic E-state index is 6.01. The van der Waals surface area contributed by atoms with E-state index in [-0.39, 0.29) is 7.43 Å². The van der Waals surface area contributed by atoms with Gasteiger partial charge in [-0.05, 0) is 13.8 Å². The highest BCUT2D eigenvalue weighted by Gasteiger charge is 2.15. The maximum atomic E-state index is 6.01. The minimum Gasteiger partial charge on any atom is -0.475 e. The van der Waals surface area contributed by atoms with E-state index < -0.39 is 0 Å². The monoisotopic (exact) mass is 243 g/mol. The number of halogens is 1. The molecule has 2 aromatic heterocycles. The second-order valence-electron chi connectivity index (χ2n) is 2.95. The zero-order chi connectivity index (χ0) is 11.0. The van der Waals surface area contributed by atoms with Crippen molar-refractivity contribution in [3.05, 3.63) is 10.8 Å². The summed E-state index contributed by atoms with van der Waals surface area (Å²) < 4.78 is 6.76. The van der Waals surface area contributed by atoms with Gasteiger partial charge in [0.15, 0.2) is 11.5 Å². The van der Waals surface area contributed by atoms with Crippen molar-refractivity contribution in [3.8, 4) is 5.88 Å². The third-order valence-electron chi connectivity index (χ3n) is 1.93. The second kappa shape index (κ2) is 4.52. The highest BCUT2D eigenvalue weighted by molar-refractivity contribution is 6.36. The van der Waals surface area contributed by atoms with Crippen molar-refractivity contribution in [2.75, 3.05) is 12.3 Å². The molecule has 0 atom stereocenters. The van der Waals surface area contributed by atoms with Gasteiger partial charge >= 0.3 is 0 Å². The SMILES string of the molecule is C.CCOc1nn2c(C)nnc2c(Cl)c1N. The van der Waals surface area contributed by atoms with E-state index in [1.54, 1.807) is 6.92 Å². The van der Waals surface area contributed by atoms with Crippen LogP contribution in [0.4, 0.5) is 5.69 Å². The van der Waals surface area contributed by atoms with Crippen LogP contribution in [-0.4, -0.2) is 26.4 Å². The summed E-state index contributed by atoms with van der Waals surface area (Å²) in [5, 5.41) is 12.2. The Hall–Kier alpha value is -1.56. The number of nitrogen functional groups attached to an aromatic ring is 1. The molecule has 0 saturated carbocycles. The fourth-order valence-electron chi connectivity index (χ4n) is 1.22. The third kappa shape index (κ3) is 1.76. The van der Waals surface area contributed by atoms with Crippen LogP contribution >= 0.6 is 11.6 Å². The Bertz CT molecular complexity index is 510. The first-order valence-corrected chi connectivity index (χ1v) is 4.82. The van der Waals surface area contributed by atoms with Gasteiger partial charge in [-0.25, -0.2) is 0 Å². The molecule has 0 aliphatic carbocycles. The molecule has 7 heteroatoms. The Labute approximate surface area is 98.4 Å². The van der Waals surface area contributed by atoms with Crippen molar-refractivity contribution < 1.29 is 4.74 Å². The fraction of sp³-hybridized carbons (Fsp3) is 0.444. The first-order chi connectivity index (χ1) is 7.15. The Kier molecular flexibility index (Phi) is 3.54. The second-order valence-corrected chi connectivity index (χ2v) is 3.33. The van der Waals surface area contributed by atoms with Crippen molar-refractivity contribution >= 4 is 22.9 Å². The first kappa shape index (κ1) is 12.5. The molecule has 0 saturated heterocycles. The van der Waals surface area contributed by atoms with Crippen LogP contribution in [0.25, 0.3) is 5.65 Å². The quantitative estimate of drug-likeness (QED) is 0.869. The van der Waals surface area contributed by atoms with E-state index in [1.807, 2.05) is 6.92 Å². The van der Waals surface area contributed by atoms with Crippen LogP contribution in [0.3, 0.4) is 0 Å². The number of ether oxygens (including phenoxy) is 1. The minimum absolute atomic E-state index is 0. The molecule has 0 amide bonds. The van der Waals surface area contributed by atoms with Gasteiger partial charge in [-0.1, -0.05) is 19.0 Å². The Morgan fingerprint density at radius 1 is 1.44 bits per heavy atom. The molecule has 0 aromatic carbocycles. The van der Waals surface area contributed by atoms with E-state index in [1.165, 1.54) is 4.52 Å². The van der Waals surface area contributed by atoms with E-state index in [0.29, 0.717) is 34.7 Å². The summed E-state index contributed by atoms with van der Waals surface area (Å²) in [6.45, 7) is 4.09. The highest BCUT2D eigenvalue weighted by atomic mass is 35.5. The van der Waals surface area contributed by atoms with E-state index in [2.05, 4.69) is 15.3 Å². The van der Waals surface area contributed by atoms with Crippen LogP contribution in [0.5, 0.6) is 5.88 Å². The molecule has 0 fully saturated rings. The van der Waals surface area contributed by atoms with Crippen molar-refractivity contribution in [1.29, 1.82) is 0 Å². The smallest absolute Gasteiger partial charge is 0.256 e.